The summed E-state index contributed by atoms with van der Waals surface area (Å²) < 4.78 is 79.5. The second kappa shape index (κ2) is 14.0. The standard InChI is InChI=1S/C36H52ClF6NO2/c1-33-22-28(38)31-25-14-15-29(45)32(37)26(25)21-23(30(31)27(33)16-18-34(33,2)46)11-6-5-9-19-44-20-10-13-24(44)12-7-3-4-8-17-35(39,40)36(41,42)43/h14-15,23-24,27-28,30-31,45-46H,3-13,16-22H2,1-2H3/t23?,24-,27+,28?,30+,31+,33+,34-/m1/s1. The van der Waals surface area contributed by atoms with E-state index in [1.165, 1.54) is 0 Å². The van der Waals surface area contributed by atoms with E-state index < -0.39 is 35.7 Å². The van der Waals surface area contributed by atoms with Crippen molar-refractivity contribution in [3.05, 3.63) is 28.3 Å². The quantitative estimate of drug-likeness (QED) is 0.161. The molecule has 3 aliphatic carbocycles. The number of hydrogen-bond donors (Lipinski definition) is 2. The van der Waals surface area contributed by atoms with Gasteiger partial charge in [-0.1, -0.05) is 56.7 Å². The lowest BCUT2D eigenvalue weighted by Gasteiger charge is -2.56. The number of halogens is 7. The van der Waals surface area contributed by atoms with Crippen molar-refractivity contribution in [2.45, 2.75) is 152 Å². The first kappa shape index (κ1) is 36.1. The van der Waals surface area contributed by atoms with Gasteiger partial charge >= 0.3 is 12.1 Å². The highest BCUT2D eigenvalue weighted by molar-refractivity contribution is 6.32. The molecule has 3 fully saturated rings. The average molecular weight is 680 g/mol. The van der Waals surface area contributed by atoms with Gasteiger partial charge in [-0.2, -0.15) is 22.0 Å². The van der Waals surface area contributed by atoms with Gasteiger partial charge in [-0.15, -0.1) is 0 Å². The molecule has 1 aliphatic heterocycles. The molecule has 8 atom stereocenters. The Morgan fingerprint density at radius 1 is 0.957 bits per heavy atom. The fraction of sp³-hybridized carbons (Fsp3) is 0.833. The van der Waals surface area contributed by atoms with E-state index in [-0.39, 0.29) is 35.8 Å². The van der Waals surface area contributed by atoms with E-state index in [0.29, 0.717) is 43.2 Å². The molecular weight excluding hydrogens is 628 g/mol. The van der Waals surface area contributed by atoms with E-state index in [9.17, 15) is 32.2 Å². The molecule has 0 aromatic heterocycles. The van der Waals surface area contributed by atoms with Crippen molar-refractivity contribution in [2.75, 3.05) is 13.1 Å². The van der Waals surface area contributed by atoms with Gasteiger partial charge in [-0.25, -0.2) is 4.39 Å². The minimum atomic E-state index is -5.47. The summed E-state index contributed by atoms with van der Waals surface area (Å²) in [6.07, 6.45) is 3.94. The van der Waals surface area contributed by atoms with Crippen LogP contribution in [0.1, 0.15) is 127 Å². The van der Waals surface area contributed by atoms with Gasteiger partial charge in [0.2, 0.25) is 0 Å². The summed E-state index contributed by atoms with van der Waals surface area (Å²) in [5.41, 5.74) is 0.462. The molecule has 1 heterocycles. The number of alkyl halides is 6. The van der Waals surface area contributed by atoms with Crippen molar-refractivity contribution >= 4 is 11.6 Å². The first-order valence-corrected chi connectivity index (χ1v) is 18.0. The fourth-order valence-electron chi connectivity index (χ4n) is 9.95. The minimum absolute atomic E-state index is 0.0423. The molecule has 46 heavy (non-hydrogen) atoms. The number of hydrogen-bond acceptors (Lipinski definition) is 3. The zero-order valence-corrected chi connectivity index (χ0v) is 28.1. The highest BCUT2D eigenvalue weighted by Crippen LogP contribution is 2.66. The van der Waals surface area contributed by atoms with Gasteiger partial charge in [0.25, 0.3) is 0 Å². The van der Waals surface area contributed by atoms with Gasteiger partial charge in [0.1, 0.15) is 11.9 Å². The molecule has 2 N–H and O–H groups in total. The number of phenolic OH excluding ortho intramolecular Hbond substituents is 1. The van der Waals surface area contributed by atoms with Crippen LogP contribution < -0.4 is 0 Å². The molecule has 0 spiro atoms. The Bertz CT molecular complexity index is 1190. The van der Waals surface area contributed by atoms with Gasteiger partial charge in [0, 0.05) is 23.8 Å². The maximum Gasteiger partial charge on any atom is 0.453 e. The summed E-state index contributed by atoms with van der Waals surface area (Å²) >= 11 is 6.62. The van der Waals surface area contributed by atoms with E-state index in [1.807, 2.05) is 13.0 Å². The summed E-state index contributed by atoms with van der Waals surface area (Å²) in [5, 5.41) is 22.1. The van der Waals surface area contributed by atoms with Crippen LogP contribution in [0.4, 0.5) is 26.3 Å². The molecule has 1 aromatic carbocycles. The van der Waals surface area contributed by atoms with E-state index in [0.717, 1.165) is 82.0 Å². The van der Waals surface area contributed by atoms with Crippen LogP contribution >= 0.6 is 11.6 Å². The van der Waals surface area contributed by atoms with Gasteiger partial charge in [0.15, 0.2) is 0 Å². The number of benzene rings is 1. The van der Waals surface area contributed by atoms with E-state index in [1.54, 1.807) is 6.07 Å². The second-order valence-corrected chi connectivity index (χ2v) is 15.8. The van der Waals surface area contributed by atoms with Crippen LogP contribution in [0, 0.1) is 23.2 Å². The Morgan fingerprint density at radius 2 is 1.65 bits per heavy atom. The van der Waals surface area contributed by atoms with Crippen LogP contribution in [0.3, 0.4) is 0 Å². The number of likely N-dealkylation sites (tertiary alicyclic amines) is 1. The molecule has 0 bridgehead atoms. The van der Waals surface area contributed by atoms with Crippen molar-refractivity contribution < 1.29 is 36.6 Å². The number of aliphatic hydroxyl groups is 1. The number of aromatic hydroxyl groups is 1. The Balaban J connectivity index is 1.11. The molecule has 4 aliphatic rings. The molecule has 2 saturated carbocycles. The Labute approximate surface area is 275 Å². The molecule has 0 amide bonds. The van der Waals surface area contributed by atoms with Crippen LogP contribution in [0.15, 0.2) is 12.1 Å². The summed E-state index contributed by atoms with van der Waals surface area (Å²) in [6.45, 7) is 5.98. The van der Waals surface area contributed by atoms with Crippen molar-refractivity contribution in [1.29, 1.82) is 0 Å². The Hall–Kier alpha value is -1.19. The Kier molecular flexibility index (Phi) is 11.0. The summed E-state index contributed by atoms with van der Waals surface area (Å²) in [7, 11) is 0. The molecular formula is C36H52ClF6NO2. The fourth-order valence-corrected chi connectivity index (χ4v) is 10.2. The van der Waals surface area contributed by atoms with Crippen molar-refractivity contribution in [1.82, 2.24) is 4.90 Å². The molecule has 5 rings (SSSR count). The van der Waals surface area contributed by atoms with E-state index in [2.05, 4.69) is 11.8 Å². The monoisotopic (exact) mass is 679 g/mol. The molecule has 10 heteroatoms. The lowest BCUT2D eigenvalue weighted by Crippen LogP contribution is -2.55. The number of nitrogens with zero attached hydrogens (tertiary/aromatic N) is 1. The van der Waals surface area contributed by atoms with Crippen LogP contribution in [0.25, 0.3) is 0 Å². The number of phenols is 1. The number of unbranched alkanes of at least 4 members (excludes halogenated alkanes) is 5. The van der Waals surface area contributed by atoms with E-state index >= 15 is 4.39 Å². The first-order chi connectivity index (χ1) is 21.6. The molecule has 1 aromatic rings. The molecule has 3 nitrogen and oxygen atoms in total. The topological polar surface area (TPSA) is 43.7 Å². The zero-order chi connectivity index (χ0) is 33.5. The van der Waals surface area contributed by atoms with E-state index in [4.69, 9.17) is 11.6 Å². The minimum Gasteiger partial charge on any atom is -0.506 e. The smallest absolute Gasteiger partial charge is 0.453 e. The van der Waals surface area contributed by atoms with Crippen LogP contribution in [-0.2, 0) is 6.42 Å². The van der Waals surface area contributed by atoms with Gasteiger partial charge < -0.3 is 15.1 Å². The van der Waals surface area contributed by atoms with Crippen LogP contribution in [0.5, 0.6) is 5.75 Å². The maximum atomic E-state index is 16.2. The third kappa shape index (κ3) is 7.08. The van der Waals surface area contributed by atoms with Gasteiger partial charge in [0.05, 0.1) is 10.6 Å². The Morgan fingerprint density at radius 3 is 2.39 bits per heavy atom. The normalized spacial score (nSPS) is 34.8. The average Bonchev–Trinajstić information content (AvgIpc) is 3.51. The van der Waals surface area contributed by atoms with Gasteiger partial charge in [-0.05, 0) is 119 Å². The highest BCUT2D eigenvalue weighted by Gasteiger charge is 2.64. The van der Waals surface area contributed by atoms with Crippen molar-refractivity contribution in [3.63, 3.8) is 0 Å². The molecule has 0 radical (unpaired) electrons. The SMILES string of the molecule is C[C@]12CC(F)[C@@H]3c4ccc(O)c(Cl)c4CC(CCCCCN4CCC[C@H]4CCCCCCC(F)(F)C(F)(F)F)[C@H]3[C@@H]1CC[C@@]2(C)O. The first-order valence-electron chi connectivity index (χ1n) is 17.6. The highest BCUT2D eigenvalue weighted by atomic mass is 35.5. The van der Waals surface area contributed by atoms with Crippen molar-refractivity contribution in [2.24, 2.45) is 23.2 Å². The summed E-state index contributed by atoms with van der Waals surface area (Å²) in [5.74, 6) is -4.25. The third-order valence-corrected chi connectivity index (χ3v) is 13.1. The predicted molar refractivity (Wildman–Crippen MR) is 169 cm³/mol. The lowest BCUT2D eigenvalue weighted by molar-refractivity contribution is -0.284. The van der Waals surface area contributed by atoms with Crippen LogP contribution in [0.2, 0.25) is 5.02 Å². The maximum absolute atomic E-state index is 16.2. The number of rotatable bonds is 13. The lowest BCUT2D eigenvalue weighted by atomic mass is 9.50. The van der Waals surface area contributed by atoms with Gasteiger partial charge in [-0.3, -0.25) is 0 Å². The number of fused-ring (bicyclic) bond motifs is 5. The predicted octanol–water partition coefficient (Wildman–Crippen LogP) is 10.4. The van der Waals surface area contributed by atoms with Crippen molar-refractivity contribution in [3.8, 4) is 5.75 Å². The second-order valence-electron chi connectivity index (χ2n) is 15.4. The molecule has 1 saturated heterocycles. The van der Waals surface area contributed by atoms with Crippen LogP contribution in [-0.4, -0.2) is 58.1 Å². The molecule has 2 unspecified atom stereocenters. The zero-order valence-electron chi connectivity index (χ0n) is 27.3. The summed E-state index contributed by atoms with van der Waals surface area (Å²) in [6, 6.07) is 3.90. The summed E-state index contributed by atoms with van der Waals surface area (Å²) in [4.78, 5) is 2.51. The molecule has 262 valence electrons. The third-order valence-electron chi connectivity index (χ3n) is 12.7. The largest absolute Gasteiger partial charge is 0.506 e.